The second-order valence-corrected chi connectivity index (χ2v) is 9.13. The summed E-state index contributed by atoms with van der Waals surface area (Å²) >= 11 is 13.7. The minimum absolute atomic E-state index is 0.0653. The molecular weight excluding hydrogens is 451 g/mol. The first-order valence-corrected chi connectivity index (χ1v) is 12.5. The van der Waals surface area contributed by atoms with Crippen LogP contribution in [0.2, 0.25) is 10.0 Å². The quantitative estimate of drug-likeness (QED) is 0.381. The molecule has 0 fully saturated rings. The number of nitrogens with one attached hydrogen (secondary N) is 1. The van der Waals surface area contributed by atoms with Crippen molar-refractivity contribution >= 4 is 46.8 Å². The first-order chi connectivity index (χ1) is 15.0. The largest absolute Gasteiger partial charge is 0.354 e. The van der Waals surface area contributed by atoms with Crippen molar-refractivity contribution < 1.29 is 9.59 Å². The molecule has 0 radical (unpaired) electrons. The Hall–Kier alpha value is -1.69. The van der Waals surface area contributed by atoms with E-state index in [1.807, 2.05) is 43.3 Å². The molecule has 0 saturated carbocycles. The number of thioether (sulfide) groups is 1. The van der Waals surface area contributed by atoms with E-state index in [1.165, 1.54) is 11.8 Å². The minimum atomic E-state index is -0.513. The maximum Gasteiger partial charge on any atom is 0.242 e. The number of unbranched alkanes of at least 4 members (excludes halogenated alkanes) is 1. The molecule has 0 aliphatic rings. The van der Waals surface area contributed by atoms with E-state index in [-0.39, 0.29) is 17.6 Å². The third kappa shape index (κ3) is 8.40. The van der Waals surface area contributed by atoms with Crippen molar-refractivity contribution in [2.24, 2.45) is 0 Å². The highest BCUT2D eigenvalue weighted by Gasteiger charge is 2.28. The molecule has 0 aromatic heterocycles. The van der Waals surface area contributed by atoms with Crippen LogP contribution in [0.3, 0.4) is 0 Å². The van der Waals surface area contributed by atoms with E-state index >= 15 is 0 Å². The minimum Gasteiger partial charge on any atom is -0.354 e. The van der Waals surface area contributed by atoms with Gasteiger partial charge in [0.15, 0.2) is 0 Å². The van der Waals surface area contributed by atoms with Gasteiger partial charge in [0.1, 0.15) is 6.04 Å². The Labute approximate surface area is 199 Å². The predicted molar refractivity (Wildman–Crippen MR) is 132 cm³/mol. The molecule has 0 saturated heterocycles. The van der Waals surface area contributed by atoms with E-state index in [0.717, 1.165) is 24.0 Å². The molecule has 0 unspecified atom stereocenters. The summed E-state index contributed by atoms with van der Waals surface area (Å²) in [4.78, 5) is 27.7. The summed E-state index contributed by atoms with van der Waals surface area (Å²) in [5, 5.41) is 4.31. The van der Waals surface area contributed by atoms with Crippen LogP contribution in [0, 0.1) is 0 Å². The lowest BCUT2D eigenvalue weighted by Gasteiger charge is -2.30. The summed E-state index contributed by atoms with van der Waals surface area (Å²) < 4.78 is 0. The van der Waals surface area contributed by atoms with Crippen molar-refractivity contribution in [3.63, 3.8) is 0 Å². The van der Waals surface area contributed by atoms with Gasteiger partial charge in [-0.2, -0.15) is 0 Å². The summed E-state index contributed by atoms with van der Waals surface area (Å²) in [6, 6.07) is 14.5. The average molecular weight is 481 g/mol. The van der Waals surface area contributed by atoms with Gasteiger partial charge >= 0.3 is 0 Å². The molecule has 31 heavy (non-hydrogen) atoms. The number of halogens is 2. The first-order valence-electron chi connectivity index (χ1n) is 10.6. The van der Waals surface area contributed by atoms with Crippen LogP contribution in [-0.2, 0) is 21.9 Å². The summed E-state index contributed by atoms with van der Waals surface area (Å²) in [6.45, 7) is 5.00. The molecule has 0 heterocycles. The van der Waals surface area contributed by atoms with Crippen LogP contribution in [-0.4, -0.2) is 35.1 Å². The van der Waals surface area contributed by atoms with Gasteiger partial charge in [0.05, 0.1) is 5.75 Å². The standard InChI is InChI=1S/C24H30Cl2N2O2S/c1-3-5-14-27-24(30)22(4-2)28(15-18-10-12-20(25)13-11-18)23(29)17-31-16-19-8-6-7-9-21(19)26/h6-13,22H,3-5,14-17H2,1-2H3,(H,27,30)/t22-/m0/s1. The summed E-state index contributed by atoms with van der Waals surface area (Å²) in [6.07, 6.45) is 2.47. The van der Waals surface area contributed by atoms with Crippen molar-refractivity contribution in [3.05, 3.63) is 69.7 Å². The summed E-state index contributed by atoms with van der Waals surface area (Å²) in [5.74, 6) is 0.746. The van der Waals surface area contributed by atoms with Crippen molar-refractivity contribution in [1.29, 1.82) is 0 Å². The van der Waals surface area contributed by atoms with Crippen molar-refractivity contribution in [2.75, 3.05) is 12.3 Å². The Morgan fingerprint density at radius 3 is 2.42 bits per heavy atom. The van der Waals surface area contributed by atoms with Crippen molar-refractivity contribution in [1.82, 2.24) is 10.2 Å². The first kappa shape index (κ1) is 25.6. The zero-order valence-corrected chi connectivity index (χ0v) is 20.4. The zero-order valence-electron chi connectivity index (χ0n) is 18.1. The molecular formula is C24H30Cl2N2O2S. The molecule has 0 spiro atoms. The van der Waals surface area contributed by atoms with Crippen LogP contribution in [0.15, 0.2) is 48.5 Å². The second-order valence-electron chi connectivity index (χ2n) is 7.30. The number of hydrogen-bond acceptors (Lipinski definition) is 3. The number of benzene rings is 2. The second kappa shape index (κ2) is 13.7. The van der Waals surface area contributed by atoms with Gasteiger partial charge < -0.3 is 10.2 Å². The van der Waals surface area contributed by atoms with Crippen LogP contribution < -0.4 is 5.32 Å². The Kier molecular flexibility index (Phi) is 11.3. The number of amides is 2. The number of carbonyl (C=O) groups excluding carboxylic acids is 2. The van der Waals surface area contributed by atoms with Gasteiger partial charge in [-0.05, 0) is 42.2 Å². The number of carbonyl (C=O) groups is 2. The molecule has 2 amide bonds. The normalized spacial score (nSPS) is 11.7. The molecule has 1 N–H and O–H groups in total. The fourth-order valence-corrected chi connectivity index (χ4v) is 4.48. The lowest BCUT2D eigenvalue weighted by molar-refractivity contribution is -0.139. The van der Waals surface area contributed by atoms with E-state index in [4.69, 9.17) is 23.2 Å². The van der Waals surface area contributed by atoms with Gasteiger partial charge in [-0.3, -0.25) is 9.59 Å². The van der Waals surface area contributed by atoms with E-state index in [1.54, 1.807) is 17.0 Å². The molecule has 0 bridgehead atoms. The highest BCUT2D eigenvalue weighted by molar-refractivity contribution is 7.99. The number of rotatable bonds is 12. The van der Waals surface area contributed by atoms with Gasteiger partial charge in [0.25, 0.3) is 0 Å². The smallest absolute Gasteiger partial charge is 0.242 e. The van der Waals surface area contributed by atoms with E-state index in [2.05, 4.69) is 12.2 Å². The van der Waals surface area contributed by atoms with Crippen LogP contribution in [0.25, 0.3) is 0 Å². The van der Waals surface area contributed by atoms with Crippen LogP contribution in [0.4, 0.5) is 0 Å². The fourth-order valence-electron chi connectivity index (χ4n) is 3.16. The third-order valence-electron chi connectivity index (χ3n) is 4.92. The Balaban J connectivity index is 2.10. The third-order valence-corrected chi connectivity index (χ3v) is 6.51. The van der Waals surface area contributed by atoms with Gasteiger partial charge in [0, 0.05) is 28.9 Å². The van der Waals surface area contributed by atoms with E-state index in [9.17, 15) is 9.59 Å². The lowest BCUT2D eigenvalue weighted by atomic mass is 10.1. The van der Waals surface area contributed by atoms with Crippen LogP contribution in [0.1, 0.15) is 44.2 Å². The highest BCUT2D eigenvalue weighted by Crippen LogP contribution is 2.22. The van der Waals surface area contributed by atoms with Gasteiger partial charge in [-0.15, -0.1) is 11.8 Å². The predicted octanol–water partition coefficient (Wildman–Crippen LogP) is 5.95. The van der Waals surface area contributed by atoms with Crippen molar-refractivity contribution in [3.8, 4) is 0 Å². The highest BCUT2D eigenvalue weighted by atomic mass is 35.5. The molecule has 2 rings (SSSR count). The molecule has 1 atom stereocenters. The maximum absolute atomic E-state index is 13.2. The van der Waals surface area contributed by atoms with E-state index < -0.39 is 6.04 Å². The summed E-state index contributed by atoms with van der Waals surface area (Å²) in [7, 11) is 0. The Bertz CT molecular complexity index is 846. The van der Waals surface area contributed by atoms with Gasteiger partial charge in [-0.25, -0.2) is 0 Å². The van der Waals surface area contributed by atoms with Gasteiger partial charge in [0.2, 0.25) is 11.8 Å². The van der Waals surface area contributed by atoms with E-state index in [0.29, 0.717) is 35.3 Å². The van der Waals surface area contributed by atoms with Crippen LogP contribution >= 0.6 is 35.0 Å². The molecule has 2 aromatic rings. The van der Waals surface area contributed by atoms with Gasteiger partial charge in [-0.1, -0.05) is 73.8 Å². The SMILES string of the molecule is CCCCNC(=O)[C@H](CC)N(Cc1ccc(Cl)cc1)C(=O)CSCc1ccccc1Cl. The monoisotopic (exact) mass is 480 g/mol. The Morgan fingerprint density at radius 2 is 1.77 bits per heavy atom. The summed E-state index contributed by atoms with van der Waals surface area (Å²) in [5.41, 5.74) is 1.93. The maximum atomic E-state index is 13.2. The molecule has 168 valence electrons. The molecule has 0 aliphatic heterocycles. The van der Waals surface area contributed by atoms with Crippen LogP contribution in [0.5, 0.6) is 0 Å². The topological polar surface area (TPSA) is 49.4 Å². The molecule has 2 aromatic carbocycles. The van der Waals surface area contributed by atoms with Crippen molar-refractivity contribution in [2.45, 2.75) is 51.4 Å². The molecule has 7 heteroatoms. The molecule has 4 nitrogen and oxygen atoms in total. The number of nitrogens with zero attached hydrogens (tertiary/aromatic N) is 1. The average Bonchev–Trinajstić information content (AvgIpc) is 2.76. The Morgan fingerprint density at radius 1 is 1.06 bits per heavy atom. The fraction of sp³-hybridized carbons (Fsp3) is 0.417. The zero-order chi connectivity index (χ0) is 22.6. The lowest BCUT2D eigenvalue weighted by Crippen LogP contribution is -2.49. The molecule has 0 aliphatic carbocycles. The number of hydrogen-bond donors (Lipinski definition) is 1.